The maximum Gasteiger partial charge on any atom is 0.0700 e. The first-order valence-corrected chi connectivity index (χ1v) is 4.82. The molecule has 0 radical (unpaired) electrons. The standard InChI is InChI=1S/C9H19NO2/c1-2-8(7-11)10-6-9-4-3-5-12-9/h8-11H,2-7H2,1H3. The van der Waals surface area contributed by atoms with E-state index in [0.29, 0.717) is 6.10 Å². The second-order valence-electron chi connectivity index (χ2n) is 3.33. The van der Waals surface area contributed by atoms with Crippen LogP contribution in [-0.2, 0) is 4.74 Å². The Hall–Kier alpha value is -0.120. The van der Waals surface area contributed by atoms with Gasteiger partial charge in [0.1, 0.15) is 0 Å². The SMILES string of the molecule is CCC(CO)NCC1CCCO1. The third-order valence-electron chi connectivity index (χ3n) is 2.37. The number of rotatable bonds is 5. The summed E-state index contributed by atoms with van der Waals surface area (Å²) in [6.07, 6.45) is 3.70. The fourth-order valence-electron chi connectivity index (χ4n) is 1.44. The van der Waals surface area contributed by atoms with Crippen LogP contribution < -0.4 is 5.32 Å². The molecular weight excluding hydrogens is 154 g/mol. The minimum Gasteiger partial charge on any atom is -0.395 e. The van der Waals surface area contributed by atoms with Crippen molar-refractivity contribution in [3.63, 3.8) is 0 Å². The van der Waals surface area contributed by atoms with E-state index in [-0.39, 0.29) is 12.6 Å². The van der Waals surface area contributed by atoms with Crippen molar-refractivity contribution in [3.8, 4) is 0 Å². The van der Waals surface area contributed by atoms with Gasteiger partial charge in [-0.1, -0.05) is 6.92 Å². The van der Waals surface area contributed by atoms with Crippen molar-refractivity contribution in [3.05, 3.63) is 0 Å². The fraction of sp³-hybridized carbons (Fsp3) is 1.00. The van der Waals surface area contributed by atoms with Crippen LogP contribution in [0.15, 0.2) is 0 Å². The van der Waals surface area contributed by atoms with Crippen molar-refractivity contribution in [2.24, 2.45) is 0 Å². The molecule has 0 bridgehead atoms. The van der Waals surface area contributed by atoms with E-state index in [2.05, 4.69) is 12.2 Å². The predicted molar refractivity (Wildman–Crippen MR) is 48.1 cm³/mol. The summed E-state index contributed by atoms with van der Waals surface area (Å²) in [5.41, 5.74) is 0. The van der Waals surface area contributed by atoms with E-state index in [0.717, 1.165) is 26.0 Å². The minimum absolute atomic E-state index is 0.225. The molecule has 0 aromatic heterocycles. The molecule has 3 heteroatoms. The molecule has 12 heavy (non-hydrogen) atoms. The normalized spacial score (nSPS) is 26.0. The van der Waals surface area contributed by atoms with Crippen LogP contribution in [0, 0.1) is 0 Å². The zero-order valence-electron chi connectivity index (χ0n) is 7.75. The molecule has 0 aliphatic carbocycles. The average molecular weight is 173 g/mol. The molecule has 1 rings (SSSR count). The highest BCUT2D eigenvalue weighted by atomic mass is 16.5. The van der Waals surface area contributed by atoms with E-state index in [1.54, 1.807) is 0 Å². The molecule has 2 N–H and O–H groups in total. The minimum atomic E-state index is 0.225. The topological polar surface area (TPSA) is 41.5 Å². The quantitative estimate of drug-likeness (QED) is 0.637. The van der Waals surface area contributed by atoms with Gasteiger partial charge in [0.15, 0.2) is 0 Å². The molecular formula is C9H19NO2. The van der Waals surface area contributed by atoms with E-state index >= 15 is 0 Å². The van der Waals surface area contributed by atoms with E-state index in [9.17, 15) is 0 Å². The molecule has 0 spiro atoms. The third-order valence-corrected chi connectivity index (χ3v) is 2.37. The lowest BCUT2D eigenvalue weighted by molar-refractivity contribution is 0.103. The van der Waals surface area contributed by atoms with Crippen molar-refractivity contribution >= 4 is 0 Å². The number of hydrogen-bond acceptors (Lipinski definition) is 3. The summed E-state index contributed by atoms with van der Waals surface area (Å²) < 4.78 is 5.45. The highest BCUT2D eigenvalue weighted by Gasteiger charge is 2.16. The summed E-state index contributed by atoms with van der Waals surface area (Å²) in [6, 6.07) is 0.245. The highest BCUT2D eigenvalue weighted by Crippen LogP contribution is 2.10. The van der Waals surface area contributed by atoms with Gasteiger partial charge in [-0.2, -0.15) is 0 Å². The van der Waals surface area contributed by atoms with Gasteiger partial charge in [-0.15, -0.1) is 0 Å². The summed E-state index contributed by atoms with van der Waals surface area (Å²) >= 11 is 0. The molecule has 3 nitrogen and oxygen atoms in total. The van der Waals surface area contributed by atoms with Crippen LogP contribution in [0.4, 0.5) is 0 Å². The van der Waals surface area contributed by atoms with Crippen molar-refractivity contribution in [1.82, 2.24) is 5.32 Å². The molecule has 72 valence electrons. The Balaban J connectivity index is 2.06. The van der Waals surface area contributed by atoms with Crippen LogP contribution >= 0.6 is 0 Å². The lowest BCUT2D eigenvalue weighted by Gasteiger charge is -2.16. The summed E-state index contributed by atoms with van der Waals surface area (Å²) in [6.45, 7) is 4.09. The Morgan fingerprint density at radius 3 is 3.00 bits per heavy atom. The lowest BCUT2D eigenvalue weighted by Crippen LogP contribution is -2.37. The molecule has 1 aliphatic heterocycles. The predicted octanol–water partition coefficient (Wildman–Crippen LogP) is 0.526. The molecule has 2 atom stereocenters. The van der Waals surface area contributed by atoms with Gasteiger partial charge in [0.2, 0.25) is 0 Å². The Labute approximate surface area is 74.1 Å². The number of ether oxygens (including phenoxy) is 1. The molecule has 0 aromatic carbocycles. The van der Waals surface area contributed by atoms with Crippen LogP contribution in [0.1, 0.15) is 26.2 Å². The third kappa shape index (κ3) is 3.09. The van der Waals surface area contributed by atoms with Crippen molar-refractivity contribution in [2.75, 3.05) is 19.8 Å². The second kappa shape index (κ2) is 5.51. The molecule has 1 aliphatic rings. The van der Waals surface area contributed by atoms with E-state index in [1.807, 2.05) is 0 Å². The van der Waals surface area contributed by atoms with Gasteiger partial charge in [0.05, 0.1) is 12.7 Å². The zero-order chi connectivity index (χ0) is 8.81. The molecule has 1 heterocycles. The zero-order valence-corrected chi connectivity index (χ0v) is 7.75. The van der Waals surface area contributed by atoms with Crippen molar-refractivity contribution in [2.45, 2.75) is 38.3 Å². The largest absolute Gasteiger partial charge is 0.395 e. The van der Waals surface area contributed by atoms with E-state index in [1.165, 1.54) is 6.42 Å². The second-order valence-corrected chi connectivity index (χ2v) is 3.33. The van der Waals surface area contributed by atoms with Crippen molar-refractivity contribution < 1.29 is 9.84 Å². The highest BCUT2D eigenvalue weighted by molar-refractivity contribution is 4.71. The maximum atomic E-state index is 8.90. The number of aliphatic hydroxyl groups is 1. The summed E-state index contributed by atoms with van der Waals surface area (Å²) in [5, 5.41) is 12.2. The van der Waals surface area contributed by atoms with Crippen LogP contribution in [0.3, 0.4) is 0 Å². The van der Waals surface area contributed by atoms with Crippen LogP contribution in [0.25, 0.3) is 0 Å². The maximum absolute atomic E-state index is 8.90. The summed E-state index contributed by atoms with van der Waals surface area (Å²) in [7, 11) is 0. The van der Waals surface area contributed by atoms with Crippen LogP contribution in [-0.4, -0.2) is 37.0 Å². The average Bonchev–Trinajstić information content (AvgIpc) is 2.59. The van der Waals surface area contributed by atoms with Crippen LogP contribution in [0.2, 0.25) is 0 Å². The monoisotopic (exact) mass is 173 g/mol. The van der Waals surface area contributed by atoms with E-state index < -0.39 is 0 Å². The summed E-state index contributed by atoms with van der Waals surface area (Å²) in [4.78, 5) is 0. The Bertz CT molecular complexity index is 107. The number of hydrogen-bond donors (Lipinski definition) is 2. The first kappa shape index (κ1) is 9.96. The van der Waals surface area contributed by atoms with Gasteiger partial charge in [-0.05, 0) is 19.3 Å². The molecule has 0 aromatic rings. The molecule has 1 fully saturated rings. The lowest BCUT2D eigenvalue weighted by atomic mass is 10.2. The Kier molecular flexibility index (Phi) is 4.58. The van der Waals surface area contributed by atoms with Gasteiger partial charge in [0.25, 0.3) is 0 Å². The Morgan fingerprint density at radius 1 is 1.67 bits per heavy atom. The fourth-order valence-corrected chi connectivity index (χ4v) is 1.44. The molecule has 1 saturated heterocycles. The van der Waals surface area contributed by atoms with Gasteiger partial charge >= 0.3 is 0 Å². The van der Waals surface area contributed by atoms with Crippen LogP contribution in [0.5, 0.6) is 0 Å². The molecule has 0 amide bonds. The van der Waals surface area contributed by atoms with Gasteiger partial charge in [0, 0.05) is 19.2 Å². The van der Waals surface area contributed by atoms with E-state index in [4.69, 9.17) is 9.84 Å². The number of aliphatic hydroxyl groups excluding tert-OH is 1. The van der Waals surface area contributed by atoms with Gasteiger partial charge in [-0.3, -0.25) is 0 Å². The number of nitrogens with one attached hydrogen (secondary N) is 1. The van der Waals surface area contributed by atoms with Crippen molar-refractivity contribution in [1.29, 1.82) is 0 Å². The molecule has 2 unspecified atom stereocenters. The van der Waals surface area contributed by atoms with Gasteiger partial charge in [-0.25, -0.2) is 0 Å². The van der Waals surface area contributed by atoms with Gasteiger partial charge < -0.3 is 15.2 Å². The first-order valence-electron chi connectivity index (χ1n) is 4.82. The first-order chi connectivity index (χ1) is 5.86. The Morgan fingerprint density at radius 2 is 2.50 bits per heavy atom. The molecule has 0 saturated carbocycles. The summed E-state index contributed by atoms with van der Waals surface area (Å²) in [5.74, 6) is 0. The smallest absolute Gasteiger partial charge is 0.0700 e.